The first-order valence-electron chi connectivity index (χ1n) is 4.96. The molecule has 0 fully saturated rings. The Hall–Kier alpha value is -2.05. The summed E-state index contributed by atoms with van der Waals surface area (Å²) < 4.78 is 37.5. The van der Waals surface area contributed by atoms with E-state index < -0.39 is 35.9 Å². The largest absolute Gasteiger partial charge is 0.416 e. The van der Waals surface area contributed by atoms with Crippen LogP contribution in [0.5, 0.6) is 0 Å². The Balaban J connectivity index is 3.13. The highest BCUT2D eigenvalue weighted by Crippen LogP contribution is 2.31. The number of rotatable bonds is 4. The Morgan fingerprint density at radius 1 is 1.22 bits per heavy atom. The Bertz CT molecular complexity index is 472. The van der Waals surface area contributed by atoms with Crippen molar-refractivity contribution in [2.45, 2.75) is 18.5 Å². The Morgan fingerprint density at radius 2 is 1.83 bits per heavy atom. The van der Waals surface area contributed by atoms with Gasteiger partial charge in [0.2, 0.25) is 11.8 Å². The minimum absolute atomic E-state index is 0.0242. The van der Waals surface area contributed by atoms with E-state index in [1.165, 1.54) is 6.07 Å². The Labute approximate surface area is 101 Å². The summed E-state index contributed by atoms with van der Waals surface area (Å²) in [5.41, 5.74) is 9.09. The van der Waals surface area contributed by atoms with Gasteiger partial charge in [-0.1, -0.05) is 18.2 Å². The Kier molecular flexibility index (Phi) is 3.95. The first-order valence-corrected chi connectivity index (χ1v) is 4.96. The number of carbonyl (C=O) groups is 2. The van der Waals surface area contributed by atoms with Crippen molar-refractivity contribution in [3.05, 3.63) is 35.4 Å². The molecule has 0 radical (unpaired) electrons. The second-order valence-electron chi connectivity index (χ2n) is 3.75. The van der Waals surface area contributed by atoms with Crippen molar-refractivity contribution in [1.29, 1.82) is 0 Å². The molecule has 0 saturated heterocycles. The second-order valence-corrected chi connectivity index (χ2v) is 3.75. The maximum absolute atomic E-state index is 12.5. The smallest absolute Gasteiger partial charge is 0.370 e. The number of halogens is 3. The van der Waals surface area contributed by atoms with Crippen LogP contribution in [0.25, 0.3) is 0 Å². The number of benzene rings is 1. The van der Waals surface area contributed by atoms with Crippen LogP contribution in [0.3, 0.4) is 0 Å². The summed E-state index contributed by atoms with van der Waals surface area (Å²) >= 11 is 0. The molecule has 0 saturated carbocycles. The fraction of sp³-hybridized carbons (Fsp3) is 0.273. The molecule has 1 aromatic carbocycles. The van der Waals surface area contributed by atoms with Gasteiger partial charge in [-0.25, -0.2) is 0 Å². The fourth-order valence-corrected chi connectivity index (χ4v) is 1.52. The van der Waals surface area contributed by atoms with Gasteiger partial charge in [0, 0.05) is 6.42 Å². The number of nitrogens with two attached hydrogens (primary N) is 2. The normalized spacial score (nSPS) is 13.1. The van der Waals surface area contributed by atoms with E-state index in [9.17, 15) is 22.8 Å². The van der Waals surface area contributed by atoms with Crippen LogP contribution in [0.2, 0.25) is 0 Å². The molecule has 1 aromatic rings. The SMILES string of the molecule is NC(=O)CC(C(N)=O)c1cccc(C(F)(F)F)c1. The molecule has 0 bridgehead atoms. The highest BCUT2D eigenvalue weighted by molar-refractivity contribution is 5.88. The van der Waals surface area contributed by atoms with Crippen molar-refractivity contribution >= 4 is 11.8 Å². The van der Waals surface area contributed by atoms with Crippen molar-refractivity contribution in [2.75, 3.05) is 0 Å². The maximum atomic E-state index is 12.5. The van der Waals surface area contributed by atoms with Crippen LogP contribution < -0.4 is 11.5 Å². The summed E-state index contributed by atoms with van der Waals surface area (Å²) in [6.45, 7) is 0. The molecule has 1 atom stereocenters. The predicted molar refractivity (Wildman–Crippen MR) is 57.2 cm³/mol. The van der Waals surface area contributed by atoms with E-state index in [-0.39, 0.29) is 5.56 Å². The third-order valence-corrected chi connectivity index (χ3v) is 2.37. The maximum Gasteiger partial charge on any atom is 0.416 e. The summed E-state index contributed by atoms with van der Waals surface area (Å²) in [6.07, 6.45) is -4.94. The number of hydrogen-bond donors (Lipinski definition) is 2. The van der Waals surface area contributed by atoms with Crippen LogP contribution in [-0.4, -0.2) is 11.8 Å². The molecule has 0 aliphatic carbocycles. The fourth-order valence-electron chi connectivity index (χ4n) is 1.52. The van der Waals surface area contributed by atoms with E-state index in [1.54, 1.807) is 0 Å². The molecule has 4 nitrogen and oxygen atoms in total. The summed E-state index contributed by atoms with van der Waals surface area (Å²) in [5, 5.41) is 0. The van der Waals surface area contributed by atoms with Crippen LogP contribution in [0.4, 0.5) is 13.2 Å². The number of amides is 2. The van der Waals surface area contributed by atoms with Gasteiger partial charge in [-0.05, 0) is 11.6 Å². The summed E-state index contributed by atoms with van der Waals surface area (Å²) in [4.78, 5) is 21.9. The zero-order chi connectivity index (χ0) is 13.9. The number of primary amides is 2. The lowest BCUT2D eigenvalue weighted by atomic mass is 9.93. The third-order valence-electron chi connectivity index (χ3n) is 2.37. The van der Waals surface area contributed by atoms with Gasteiger partial charge in [-0.2, -0.15) is 13.2 Å². The quantitative estimate of drug-likeness (QED) is 0.850. The van der Waals surface area contributed by atoms with Crippen molar-refractivity contribution in [2.24, 2.45) is 11.5 Å². The van der Waals surface area contributed by atoms with Gasteiger partial charge >= 0.3 is 6.18 Å². The van der Waals surface area contributed by atoms with E-state index in [4.69, 9.17) is 11.5 Å². The minimum Gasteiger partial charge on any atom is -0.370 e. The van der Waals surface area contributed by atoms with Crippen molar-refractivity contribution in [3.8, 4) is 0 Å². The van der Waals surface area contributed by atoms with Crippen LogP contribution >= 0.6 is 0 Å². The van der Waals surface area contributed by atoms with E-state index in [0.29, 0.717) is 0 Å². The molecule has 0 aliphatic rings. The van der Waals surface area contributed by atoms with Crippen molar-refractivity contribution < 1.29 is 22.8 Å². The topological polar surface area (TPSA) is 86.2 Å². The van der Waals surface area contributed by atoms with Gasteiger partial charge in [0.25, 0.3) is 0 Å². The lowest BCUT2D eigenvalue weighted by Crippen LogP contribution is -2.26. The van der Waals surface area contributed by atoms with E-state index in [2.05, 4.69) is 0 Å². The van der Waals surface area contributed by atoms with E-state index in [1.807, 2.05) is 0 Å². The Morgan fingerprint density at radius 3 is 2.28 bits per heavy atom. The van der Waals surface area contributed by atoms with Crippen LogP contribution in [-0.2, 0) is 15.8 Å². The molecule has 18 heavy (non-hydrogen) atoms. The number of alkyl halides is 3. The first kappa shape index (κ1) is 14.0. The molecular weight excluding hydrogens is 249 g/mol. The van der Waals surface area contributed by atoms with Crippen molar-refractivity contribution in [3.63, 3.8) is 0 Å². The molecule has 4 N–H and O–H groups in total. The average Bonchev–Trinajstić information content (AvgIpc) is 2.24. The molecule has 98 valence electrons. The van der Waals surface area contributed by atoms with Gasteiger partial charge < -0.3 is 11.5 Å². The molecule has 0 aliphatic heterocycles. The zero-order valence-corrected chi connectivity index (χ0v) is 9.20. The summed E-state index contributed by atoms with van der Waals surface area (Å²) in [7, 11) is 0. The van der Waals surface area contributed by atoms with Gasteiger partial charge in [-0.15, -0.1) is 0 Å². The summed E-state index contributed by atoms with van der Waals surface area (Å²) in [5.74, 6) is -2.85. The van der Waals surface area contributed by atoms with E-state index >= 15 is 0 Å². The van der Waals surface area contributed by atoms with Gasteiger partial charge in [0.15, 0.2) is 0 Å². The minimum atomic E-state index is -4.52. The van der Waals surface area contributed by atoms with Crippen LogP contribution in [0.1, 0.15) is 23.5 Å². The average molecular weight is 260 g/mol. The molecule has 1 unspecified atom stereocenters. The molecule has 0 aromatic heterocycles. The zero-order valence-electron chi connectivity index (χ0n) is 9.20. The molecule has 2 amide bonds. The van der Waals surface area contributed by atoms with E-state index in [0.717, 1.165) is 18.2 Å². The van der Waals surface area contributed by atoms with Crippen LogP contribution in [0, 0.1) is 0 Å². The van der Waals surface area contributed by atoms with Crippen molar-refractivity contribution in [1.82, 2.24) is 0 Å². The lowest BCUT2D eigenvalue weighted by Gasteiger charge is -2.14. The number of hydrogen-bond acceptors (Lipinski definition) is 2. The second kappa shape index (κ2) is 5.07. The first-order chi connectivity index (χ1) is 8.21. The highest BCUT2D eigenvalue weighted by Gasteiger charge is 2.31. The van der Waals surface area contributed by atoms with Gasteiger partial charge in [-0.3, -0.25) is 9.59 Å². The molecule has 0 heterocycles. The predicted octanol–water partition coefficient (Wildman–Crippen LogP) is 1.15. The summed E-state index contributed by atoms with van der Waals surface area (Å²) in [6, 6.07) is 4.10. The lowest BCUT2D eigenvalue weighted by molar-refractivity contribution is -0.137. The standard InChI is InChI=1S/C11H11F3N2O2/c12-11(13,14)7-3-1-2-6(4-7)8(10(16)18)5-9(15)17/h1-4,8H,5H2,(H2,15,17)(H2,16,18). The van der Waals surface area contributed by atoms with Gasteiger partial charge in [0.1, 0.15) is 0 Å². The molecule has 1 rings (SSSR count). The molecule has 7 heteroatoms. The van der Waals surface area contributed by atoms with Gasteiger partial charge in [0.05, 0.1) is 11.5 Å². The molecule has 0 spiro atoms. The third kappa shape index (κ3) is 3.47. The van der Waals surface area contributed by atoms with Crippen LogP contribution in [0.15, 0.2) is 24.3 Å². The highest BCUT2D eigenvalue weighted by atomic mass is 19.4. The number of carbonyl (C=O) groups excluding carboxylic acids is 2. The monoisotopic (exact) mass is 260 g/mol. The molecular formula is C11H11F3N2O2.